The fraction of sp³-hybridized carbons (Fsp3) is 0.865. The van der Waals surface area contributed by atoms with E-state index in [-0.39, 0.29) is 45.6 Å². The largest absolute Gasteiger partial charge is 0.461 e. The van der Waals surface area contributed by atoms with Crippen LogP contribution in [0.1, 0.15) is 114 Å². The van der Waals surface area contributed by atoms with Crippen LogP contribution < -0.4 is 0 Å². The molecule has 5 saturated carbocycles. The van der Waals surface area contributed by atoms with Crippen LogP contribution in [0.3, 0.4) is 0 Å². The molecule has 8 nitrogen and oxygen atoms in total. The summed E-state index contributed by atoms with van der Waals surface area (Å²) in [5, 5.41) is 23.4. The molecule has 0 bridgehead atoms. The first-order valence-electron chi connectivity index (χ1n) is 17.4. The Bertz CT molecular complexity index is 1250. The SMILES string of the molecule is CC(=O)O[C@@H]([C]1C[C@@H](C)[C@H]2[C](O1)[C@H](O)[C@@]1(C)[C]3CC[C@H]4C(C)(C)[C@@H](OC(=O)C5(C)COC5)CC[C@@]45C[C@@]35CC[C@]21C)C(C)(C)O. The number of ether oxygens (including phenoxy) is 4. The molecule has 0 aromatic carbocycles. The third-order valence-electron chi connectivity index (χ3n) is 14.8. The van der Waals surface area contributed by atoms with Crippen molar-refractivity contribution < 1.29 is 38.7 Å². The van der Waals surface area contributed by atoms with E-state index in [2.05, 4.69) is 34.6 Å². The zero-order valence-electron chi connectivity index (χ0n) is 28.9. The molecule has 8 heteroatoms. The molecule has 2 N–H and O–H groups in total. The van der Waals surface area contributed by atoms with E-state index < -0.39 is 34.6 Å². The molecular weight excluding hydrogens is 572 g/mol. The van der Waals surface area contributed by atoms with Crippen molar-refractivity contribution in [3.8, 4) is 0 Å². The van der Waals surface area contributed by atoms with Gasteiger partial charge in [0.1, 0.15) is 23.7 Å². The lowest BCUT2D eigenvalue weighted by Gasteiger charge is -2.63. The van der Waals surface area contributed by atoms with Gasteiger partial charge >= 0.3 is 11.9 Å². The Labute approximate surface area is 269 Å². The predicted octanol–water partition coefficient (Wildman–Crippen LogP) is 5.74. The molecule has 2 spiro atoms. The molecule has 7 fully saturated rings. The van der Waals surface area contributed by atoms with Crippen LogP contribution in [-0.2, 0) is 28.5 Å². The van der Waals surface area contributed by atoms with Crippen molar-refractivity contribution >= 4 is 11.9 Å². The van der Waals surface area contributed by atoms with Gasteiger partial charge < -0.3 is 29.2 Å². The first-order valence-corrected chi connectivity index (χ1v) is 17.4. The van der Waals surface area contributed by atoms with E-state index in [1.807, 2.05) is 6.92 Å². The fourth-order valence-electron chi connectivity index (χ4n) is 12.4. The number of aliphatic hydroxyl groups is 2. The van der Waals surface area contributed by atoms with Crippen molar-refractivity contribution in [2.45, 2.75) is 138 Å². The second kappa shape index (κ2) is 9.69. The maximum atomic E-state index is 13.2. The summed E-state index contributed by atoms with van der Waals surface area (Å²) in [5.41, 5.74) is -2.30. The predicted molar refractivity (Wildman–Crippen MR) is 165 cm³/mol. The van der Waals surface area contributed by atoms with Crippen molar-refractivity contribution in [1.29, 1.82) is 0 Å². The number of fused-ring (bicyclic) bond motifs is 4. The first kappa shape index (κ1) is 32.3. The molecule has 251 valence electrons. The minimum atomic E-state index is -1.32. The Morgan fingerprint density at radius 2 is 1.73 bits per heavy atom. The summed E-state index contributed by atoms with van der Waals surface area (Å²) < 4.78 is 23.9. The van der Waals surface area contributed by atoms with E-state index in [9.17, 15) is 19.8 Å². The van der Waals surface area contributed by atoms with E-state index in [1.165, 1.54) is 12.8 Å². The molecule has 2 aliphatic heterocycles. The summed E-state index contributed by atoms with van der Waals surface area (Å²) in [6, 6.07) is 0. The number of hydrogen-bond acceptors (Lipinski definition) is 8. The van der Waals surface area contributed by atoms with Gasteiger partial charge in [0.05, 0.1) is 24.9 Å². The standard InChI is InChI=1S/C37H55O8/c1-20-16-22(29(32(5,6)41)43-21(2)38)44-27-26(20)34(8)14-15-37-17-36(37)13-12-25(45-30(40)33(7)18-42-19-33)31(3,4)23(36)10-11-24(37)35(34,9)28(27)39/h20,23,25-26,28-29,39,41H,10-19H2,1-9H3/t20-,23+,25+,26+,28+,29+,34-,35-,36-,37+/m1/s1. The molecule has 7 aliphatic rings. The average Bonchev–Trinajstić information content (AvgIpc) is 3.55. The zero-order valence-corrected chi connectivity index (χ0v) is 28.9. The van der Waals surface area contributed by atoms with Crippen LogP contribution in [0.5, 0.6) is 0 Å². The molecule has 2 heterocycles. The number of esters is 2. The lowest BCUT2D eigenvalue weighted by atomic mass is 9.41. The fourth-order valence-corrected chi connectivity index (χ4v) is 12.4. The van der Waals surface area contributed by atoms with Crippen LogP contribution in [0.2, 0.25) is 0 Å². The molecule has 0 aromatic rings. The molecule has 0 aromatic heterocycles. The Balaban J connectivity index is 1.16. The second-order valence-corrected chi connectivity index (χ2v) is 18.1. The van der Waals surface area contributed by atoms with Gasteiger partial charge in [0.2, 0.25) is 0 Å². The van der Waals surface area contributed by atoms with Gasteiger partial charge in [-0.1, -0.05) is 34.6 Å². The van der Waals surface area contributed by atoms with E-state index in [1.54, 1.807) is 13.8 Å². The van der Waals surface area contributed by atoms with Gasteiger partial charge in [0.15, 0.2) is 6.10 Å². The first-order chi connectivity index (χ1) is 20.8. The van der Waals surface area contributed by atoms with Crippen molar-refractivity contribution in [2.75, 3.05) is 13.2 Å². The van der Waals surface area contributed by atoms with Crippen molar-refractivity contribution in [3.05, 3.63) is 18.1 Å². The van der Waals surface area contributed by atoms with Gasteiger partial charge in [-0.05, 0) is 106 Å². The minimum Gasteiger partial charge on any atom is -0.461 e. The van der Waals surface area contributed by atoms with E-state index in [0.29, 0.717) is 37.8 Å². The van der Waals surface area contributed by atoms with E-state index in [0.717, 1.165) is 44.9 Å². The highest BCUT2D eigenvalue weighted by Gasteiger charge is 2.85. The summed E-state index contributed by atoms with van der Waals surface area (Å²) in [6.45, 7) is 19.0. The van der Waals surface area contributed by atoms with Gasteiger partial charge in [-0.15, -0.1) is 0 Å². The Morgan fingerprint density at radius 3 is 2.33 bits per heavy atom. The highest BCUT2D eigenvalue weighted by Crippen LogP contribution is 2.90. The highest BCUT2D eigenvalue weighted by molar-refractivity contribution is 5.77. The van der Waals surface area contributed by atoms with Crippen molar-refractivity contribution in [2.24, 2.45) is 50.2 Å². The third-order valence-corrected chi connectivity index (χ3v) is 14.8. The van der Waals surface area contributed by atoms with Crippen LogP contribution in [0.25, 0.3) is 0 Å². The number of hydrogen-bond donors (Lipinski definition) is 2. The minimum absolute atomic E-state index is 0.0711. The monoisotopic (exact) mass is 627 g/mol. The summed E-state index contributed by atoms with van der Waals surface area (Å²) >= 11 is 0. The smallest absolute Gasteiger partial charge is 0.316 e. The summed E-state index contributed by atoms with van der Waals surface area (Å²) in [5.74, 6) is 1.65. The molecule has 2 saturated heterocycles. The maximum Gasteiger partial charge on any atom is 0.316 e. The lowest BCUT2D eigenvalue weighted by molar-refractivity contribution is -0.203. The third kappa shape index (κ3) is 4.04. The molecule has 0 amide bonds. The molecule has 7 rings (SSSR count). The Morgan fingerprint density at radius 1 is 1.04 bits per heavy atom. The quantitative estimate of drug-likeness (QED) is 0.372. The van der Waals surface area contributed by atoms with E-state index in [4.69, 9.17) is 18.9 Å². The average molecular weight is 628 g/mol. The van der Waals surface area contributed by atoms with Crippen molar-refractivity contribution in [3.63, 3.8) is 0 Å². The maximum absolute atomic E-state index is 13.2. The van der Waals surface area contributed by atoms with Gasteiger partial charge in [-0.2, -0.15) is 0 Å². The van der Waals surface area contributed by atoms with Gasteiger partial charge in [-0.25, -0.2) is 0 Å². The van der Waals surface area contributed by atoms with Gasteiger partial charge in [0, 0.05) is 23.7 Å². The molecular formula is C37H55O8. The van der Waals surface area contributed by atoms with Crippen LogP contribution >= 0.6 is 0 Å². The topological polar surface area (TPSA) is 112 Å². The molecule has 10 atom stereocenters. The molecule has 5 aliphatic carbocycles. The van der Waals surface area contributed by atoms with Crippen LogP contribution in [0.4, 0.5) is 0 Å². The second-order valence-electron chi connectivity index (χ2n) is 18.1. The summed E-state index contributed by atoms with van der Waals surface area (Å²) in [7, 11) is 0. The lowest BCUT2D eigenvalue weighted by Crippen LogP contribution is -2.59. The molecule has 0 unspecified atom stereocenters. The van der Waals surface area contributed by atoms with Crippen LogP contribution in [0.15, 0.2) is 0 Å². The van der Waals surface area contributed by atoms with E-state index >= 15 is 0 Å². The Hall–Kier alpha value is -1.22. The van der Waals surface area contributed by atoms with Gasteiger partial charge in [-0.3, -0.25) is 9.59 Å². The number of carbonyl (C=O) groups is 2. The zero-order chi connectivity index (χ0) is 32.8. The summed E-state index contributed by atoms with van der Waals surface area (Å²) in [6.07, 6.45) is 7.27. The van der Waals surface area contributed by atoms with Gasteiger partial charge in [0.25, 0.3) is 0 Å². The number of aliphatic hydroxyl groups excluding tert-OH is 1. The Kier molecular flexibility index (Phi) is 6.96. The highest BCUT2D eigenvalue weighted by atomic mass is 16.6. The van der Waals surface area contributed by atoms with Crippen molar-refractivity contribution in [1.82, 2.24) is 0 Å². The number of carbonyl (C=O) groups excluding carboxylic acids is 2. The molecule has 45 heavy (non-hydrogen) atoms. The normalized spacial score (nSPS) is 47.6. The number of rotatable bonds is 5. The van der Waals surface area contributed by atoms with Crippen LogP contribution in [0, 0.1) is 68.4 Å². The summed E-state index contributed by atoms with van der Waals surface area (Å²) in [4.78, 5) is 25.2. The van der Waals surface area contributed by atoms with Crippen LogP contribution in [-0.4, -0.2) is 59.3 Å². The molecule has 3 radical (unpaired) electrons.